The minimum absolute atomic E-state index is 0.258. The standard InChI is InChI=1S/C14H19N3OS/c1-11(4-6-18)7-16-9-13-10-17-14(19-13)12-3-2-5-15-8-12/h2-3,5,8,10-11,16,18H,4,6-7,9H2,1H3. The molecule has 0 saturated carbocycles. The van der Waals surface area contributed by atoms with Crippen LogP contribution in [-0.4, -0.2) is 28.2 Å². The summed E-state index contributed by atoms with van der Waals surface area (Å²) in [7, 11) is 0. The van der Waals surface area contributed by atoms with Crippen molar-refractivity contribution in [1.82, 2.24) is 15.3 Å². The Labute approximate surface area is 117 Å². The van der Waals surface area contributed by atoms with E-state index in [4.69, 9.17) is 5.11 Å². The number of aromatic nitrogens is 2. The molecule has 5 heteroatoms. The smallest absolute Gasteiger partial charge is 0.125 e. The third-order valence-electron chi connectivity index (χ3n) is 2.88. The number of thiazole rings is 1. The maximum absolute atomic E-state index is 8.84. The van der Waals surface area contributed by atoms with Crippen LogP contribution in [0.2, 0.25) is 0 Å². The molecule has 0 spiro atoms. The first-order chi connectivity index (χ1) is 9.29. The molecule has 1 unspecified atom stereocenters. The van der Waals surface area contributed by atoms with Crippen LogP contribution >= 0.6 is 11.3 Å². The first-order valence-electron chi connectivity index (χ1n) is 6.46. The molecule has 0 saturated heterocycles. The molecule has 1 atom stereocenters. The molecule has 0 fully saturated rings. The number of pyridine rings is 1. The Morgan fingerprint density at radius 1 is 1.42 bits per heavy atom. The Hall–Kier alpha value is -1.30. The highest BCUT2D eigenvalue weighted by molar-refractivity contribution is 7.15. The Bertz CT molecular complexity index is 486. The van der Waals surface area contributed by atoms with E-state index in [-0.39, 0.29) is 6.61 Å². The minimum atomic E-state index is 0.258. The summed E-state index contributed by atoms with van der Waals surface area (Å²) in [5, 5.41) is 13.2. The fraction of sp³-hybridized carbons (Fsp3) is 0.429. The van der Waals surface area contributed by atoms with Crippen LogP contribution in [0.5, 0.6) is 0 Å². The van der Waals surface area contributed by atoms with Crippen molar-refractivity contribution in [3.8, 4) is 10.6 Å². The molecular weight excluding hydrogens is 258 g/mol. The number of aliphatic hydroxyl groups is 1. The molecule has 2 aromatic heterocycles. The molecule has 2 aromatic rings. The quantitative estimate of drug-likeness (QED) is 0.815. The summed E-state index contributed by atoms with van der Waals surface area (Å²) < 4.78 is 0. The van der Waals surface area contributed by atoms with Crippen molar-refractivity contribution in [2.24, 2.45) is 5.92 Å². The first-order valence-corrected chi connectivity index (χ1v) is 7.28. The Morgan fingerprint density at radius 2 is 2.32 bits per heavy atom. The molecular formula is C14H19N3OS. The van der Waals surface area contributed by atoms with Gasteiger partial charge in [0.2, 0.25) is 0 Å². The minimum Gasteiger partial charge on any atom is -0.396 e. The lowest BCUT2D eigenvalue weighted by Crippen LogP contribution is -2.20. The molecule has 2 N–H and O–H groups in total. The van der Waals surface area contributed by atoms with Crippen molar-refractivity contribution in [3.63, 3.8) is 0 Å². The Balaban J connectivity index is 1.85. The number of hydrogen-bond acceptors (Lipinski definition) is 5. The lowest BCUT2D eigenvalue weighted by atomic mass is 10.1. The van der Waals surface area contributed by atoms with E-state index in [9.17, 15) is 0 Å². The van der Waals surface area contributed by atoms with E-state index < -0.39 is 0 Å². The highest BCUT2D eigenvalue weighted by Gasteiger charge is 2.05. The summed E-state index contributed by atoms with van der Waals surface area (Å²) in [6.07, 6.45) is 6.36. The predicted molar refractivity (Wildman–Crippen MR) is 77.9 cm³/mol. The van der Waals surface area contributed by atoms with Gasteiger partial charge in [0.15, 0.2) is 0 Å². The molecule has 2 rings (SSSR count). The van der Waals surface area contributed by atoms with Crippen molar-refractivity contribution < 1.29 is 5.11 Å². The van der Waals surface area contributed by atoms with Gasteiger partial charge in [-0.1, -0.05) is 6.92 Å². The van der Waals surface area contributed by atoms with Crippen molar-refractivity contribution in [2.45, 2.75) is 19.9 Å². The van der Waals surface area contributed by atoms with Crippen molar-refractivity contribution >= 4 is 11.3 Å². The number of nitrogens with one attached hydrogen (secondary N) is 1. The van der Waals surface area contributed by atoms with Gasteiger partial charge in [0, 0.05) is 42.2 Å². The Morgan fingerprint density at radius 3 is 3.05 bits per heavy atom. The molecule has 2 heterocycles. The summed E-state index contributed by atoms with van der Waals surface area (Å²) >= 11 is 1.69. The molecule has 0 aromatic carbocycles. The van der Waals surface area contributed by atoms with Gasteiger partial charge in [0.25, 0.3) is 0 Å². The molecule has 0 radical (unpaired) electrons. The lowest BCUT2D eigenvalue weighted by Gasteiger charge is -2.09. The van der Waals surface area contributed by atoms with E-state index >= 15 is 0 Å². The first kappa shape index (κ1) is 14.1. The summed E-state index contributed by atoms with van der Waals surface area (Å²) in [5.41, 5.74) is 1.06. The number of rotatable bonds is 7. The molecule has 0 amide bonds. The summed E-state index contributed by atoms with van der Waals surface area (Å²) in [5.74, 6) is 0.496. The third kappa shape index (κ3) is 4.38. The highest BCUT2D eigenvalue weighted by Crippen LogP contribution is 2.23. The van der Waals surface area contributed by atoms with Crippen LogP contribution in [0.4, 0.5) is 0 Å². The second kappa shape index (κ2) is 7.33. The molecule has 4 nitrogen and oxygen atoms in total. The highest BCUT2D eigenvalue weighted by atomic mass is 32.1. The Kier molecular flexibility index (Phi) is 5.44. The zero-order valence-electron chi connectivity index (χ0n) is 11.0. The van der Waals surface area contributed by atoms with E-state index in [0.29, 0.717) is 5.92 Å². The van der Waals surface area contributed by atoms with Crippen LogP contribution in [0.25, 0.3) is 10.6 Å². The monoisotopic (exact) mass is 277 g/mol. The van der Waals surface area contributed by atoms with E-state index in [1.807, 2.05) is 24.5 Å². The average Bonchev–Trinajstić information content (AvgIpc) is 2.89. The van der Waals surface area contributed by atoms with Crippen LogP contribution in [-0.2, 0) is 6.54 Å². The maximum atomic E-state index is 8.84. The SMILES string of the molecule is CC(CCO)CNCc1cnc(-c2cccnc2)s1. The van der Waals surface area contributed by atoms with Crippen LogP contribution in [0.3, 0.4) is 0 Å². The van der Waals surface area contributed by atoms with Crippen molar-refractivity contribution in [2.75, 3.05) is 13.2 Å². The van der Waals surface area contributed by atoms with Gasteiger partial charge >= 0.3 is 0 Å². The van der Waals surface area contributed by atoms with Crippen LogP contribution in [0.15, 0.2) is 30.7 Å². The van der Waals surface area contributed by atoms with E-state index in [1.54, 1.807) is 17.5 Å². The fourth-order valence-corrected chi connectivity index (χ4v) is 2.65. The number of aliphatic hydroxyl groups excluding tert-OH is 1. The topological polar surface area (TPSA) is 58.0 Å². The van der Waals surface area contributed by atoms with Crippen LogP contribution in [0.1, 0.15) is 18.2 Å². The van der Waals surface area contributed by atoms with Gasteiger partial charge in [-0.15, -0.1) is 11.3 Å². The van der Waals surface area contributed by atoms with Crippen LogP contribution in [0, 0.1) is 5.92 Å². The molecule has 0 aliphatic carbocycles. The largest absolute Gasteiger partial charge is 0.396 e. The van der Waals surface area contributed by atoms with Gasteiger partial charge in [-0.05, 0) is 31.0 Å². The van der Waals surface area contributed by atoms with Gasteiger partial charge in [-0.3, -0.25) is 4.98 Å². The molecule has 19 heavy (non-hydrogen) atoms. The predicted octanol–water partition coefficient (Wildman–Crippen LogP) is 2.31. The second-order valence-corrected chi connectivity index (χ2v) is 5.74. The second-order valence-electron chi connectivity index (χ2n) is 4.62. The normalized spacial score (nSPS) is 12.5. The fourth-order valence-electron chi connectivity index (χ4n) is 1.78. The van der Waals surface area contributed by atoms with Gasteiger partial charge < -0.3 is 10.4 Å². The van der Waals surface area contributed by atoms with Gasteiger partial charge in [0.05, 0.1) is 0 Å². The average molecular weight is 277 g/mol. The van der Waals surface area contributed by atoms with E-state index in [1.165, 1.54) is 4.88 Å². The van der Waals surface area contributed by atoms with Gasteiger partial charge in [-0.2, -0.15) is 0 Å². The van der Waals surface area contributed by atoms with Gasteiger partial charge in [-0.25, -0.2) is 4.98 Å². The molecule has 0 bridgehead atoms. The van der Waals surface area contributed by atoms with E-state index in [2.05, 4.69) is 22.2 Å². The molecule has 0 aliphatic heterocycles. The number of nitrogens with zero attached hydrogens (tertiary/aromatic N) is 2. The van der Waals surface area contributed by atoms with Crippen molar-refractivity contribution in [1.29, 1.82) is 0 Å². The molecule has 102 valence electrons. The molecule has 0 aliphatic rings. The van der Waals surface area contributed by atoms with Crippen LogP contribution < -0.4 is 5.32 Å². The zero-order valence-corrected chi connectivity index (χ0v) is 11.9. The summed E-state index contributed by atoms with van der Waals surface area (Å²) in [6.45, 7) is 4.14. The summed E-state index contributed by atoms with van der Waals surface area (Å²) in [4.78, 5) is 9.74. The number of hydrogen-bond donors (Lipinski definition) is 2. The zero-order chi connectivity index (χ0) is 13.5. The van der Waals surface area contributed by atoms with Crippen molar-refractivity contribution in [3.05, 3.63) is 35.6 Å². The van der Waals surface area contributed by atoms with Gasteiger partial charge in [0.1, 0.15) is 5.01 Å². The third-order valence-corrected chi connectivity index (χ3v) is 3.92. The van der Waals surface area contributed by atoms with E-state index in [0.717, 1.165) is 30.1 Å². The maximum Gasteiger partial charge on any atom is 0.125 e. The summed E-state index contributed by atoms with van der Waals surface area (Å²) in [6, 6.07) is 3.94. The lowest BCUT2D eigenvalue weighted by molar-refractivity contribution is 0.260.